The number of nitrogens with zero attached hydrogens (tertiary/aromatic N) is 2. The quantitative estimate of drug-likeness (QED) is 0.740. The molecule has 162 valence electrons. The predicted octanol–water partition coefficient (Wildman–Crippen LogP) is 1.31. The van der Waals surface area contributed by atoms with E-state index in [1.807, 2.05) is 0 Å². The zero-order valence-electron chi connectivity index (χ0n) is 17.4. The van der Waals surface area contributed by atoms with Crippen molar-refractivity contribution in [2.24, 2.45) is 5.92 Å². The monoisotopic (exact) mass is 425 g/mol. The maximum Gasteiger partial charge on any atom is 0.243 e. The van der Waals surface area contributed by atoms with Crippen LogP contribution in [0.3, 0.4) is 0 Å². The number of ether oxygens (including phenoxy) is 2. The lowest BCUT2D eigenvalue weighted by molar-refractivity contribution is -0.127. The number of carbonyl (C=O) groups is 1. The highest BCUT2D eigenvalue weighted by Gasteiger charge is 2.34. The van der Waals surface area contributed by atoms with Gasteiger partial charge in [0, 0.05) is 25.2 Å². The molecule has 8 nitrogen and oxygen atoms in total. The van der Waals surface area contributed by atoms with Gasteiger partial charge in [-0.25, -0.2) is 8.42 Å². The SMILES string of the molecule is COc1ccc(S(=O)(=O)N2CCC[C@H](C(=O)NC3CCN(C)CC3)C2)cc1OC. The summed E-state index contributed by atoms with van der Waals surface area (Å²) < 4.78 is 38.1. The molecule has 1 N–H and O–H groups in total. The Kier molecular flexibility index (Phi) is 7.02. The van der Waals surface area contributed by atoms with Crippen molar-refractivity contribution in [3.05, 3.63) is 18.2 Å². The van der Waals surface area contributed by atoms with Gasteiger partial charge in [0.25, 0.3) is 0 Å². The standard InChI is InChI=1S/C20H31N3O5S/c1-22-11-8-16(9-12-22)21-20(24)15-5-4-10-23(14-15)29(25,26)17-6-7-18(27-2)19(13-17)28-3/h6-7,13,15-16H,4-5,8-12,14H2,1-3H3,(H,21,24)/t15-/m0/s1. The topological polar surface area (TPSA) is 88.2 Å². The maximum atomic E-state index is 13.1. The molecule has 3 rings (SSSR count). The first kappa shape index (κ1) is 21.9. The molecule has 29 heavy (non-hydrogen) atoms. The molecule has 2 fully saturated rings. The Balaban J connectivity index is 1.68. The average Bonchev–Trinajstić information content (AvgIpc) is 2.74. The van der Waals surface area contributed by atoms with Crippen LogP contribution in [0, 0.1) is 5.92 Å². The molecule has 0 spiro atoms. The second-order valence-electron chi connectivity index (χ2n) is 7.81. The summed E-state index contributed by atoms with van der Waals surface area (Å²) in [5.74, 6) is 0.479. The number of amides is 1. The van der Waals surface area contributed by atoms with Gasteiger partial charge in [0.2, 0.25) is 15.9 Å². The number of likely N-dealkylation sites (tertiary alicyclic amines) is 1. The predicted molar refractivity (Wildman–Crippen MR) is 110 cm³/mol. The first-order chi connectivity index (χ1) is 13.8. The van der Waals surface area contributed by atoms with Crippen LogP contribution in [0.2, 0.25) is 0 Å². The summed E-state index contributed by atoms with van der Waals surface area (Å²) in [6, 6.07) is 4.74. The summed E-state index contributed by atoms with van der Waals surface area (Å²) in [5.41, 5.74) is 0. The van der Waals surface area contributed by atoms with Crippen molar-refractivity contribution in [2.45, 2.75) is 36.6 Å². The zero-order valence-corrected chi connectivity index (χ0v) is 18.2. The molecule has 0 bridgehead atoms. The van der Waals surface area contributed by atoms with Gasteiger partial charge >= 0.3 is 0 Å². The summed E-state index contributed by atoms with van der Waals surface area (Å²) >= 11 is 0. The van der Waals surface area contributed by atoms with Gasteiger partial charge in [0.05, 0.1) is 25.0 Å². The third-order valence-electron chi connectivity index (χ3n) is 5.81. The van der Waals surface area contributed by atoms with Crippen molar-refractivity contribution >= 4 is 15.9 Å². The van der Waals surface area contributed by atoms with Gasteiger partial charge in [0.1, 0.15) is 0 Å². The molecule has 2 heterocycles. The van der Waals surface area contributed by atoms with Crippen LogP contribution >= 0.6 is 0 Å². The molecule has 2 aliphatic heterocycles. The van der Waals surface area contributed by atoms with Crippen LogP contribution in [-0.2, 0) is 14.8 Å². The van der Waals surface area contributed by atoms with E-state index in [-0.39, 0.29) is 29.3 Å². The van der Waals surface area contributed by atoms with Crippen LogP contribution in [-0.4, -0.2) is 77.0 Å². The number of hydrogen-bond donors (Lipinski definition) is 1. The minimum atomic E-state index is -3.72. The molecule has 1 aromatic rings. The molecular formula is C20H31N3O5S. The number of methoxy groups -OCH3 is 2. The fourth-order valence-electron chi connectivity index (χ4n) is 3.97. The van der Waals surface area contributed by atoms with E-state index in [0.29, 0.717) is 30.9 Å². The van der Waals surface area contributed by atoms with Gasteiger partial charge in [-0.2, -0.15) is 4.31 Å². The Hall–Kier alpha value is -1.84. The van der Waals surface area contributed by atoms with E-state index in [4.69, 9.17) is 9.47 Å². The van der Waals surface area contributed by atoms with Gasteiger partial charge in [-0.15, -0.1) is 0 Å². The molecule has 0 aromatic heterocycles. The molecular weight excluding hydrogens is 394 g/mol. The molecule has 2 saturated heterocycles. The van der Waals surface area contributed by atoms with Gasteiger partial charge in [0.15, 0.2) is 11.5 Å². The normalized spacial score (nSPS) is 22.2. The van der Waals surface area contributed by atoms with Crippen molar-refractivity contribution in [2.75, 3.05) is 47.4 Å². The highest BCUT2D eigenvalue weighted by atomic mass is 32.2. The molecule has 0 aliphatic carbocycles. The highest BCUT2D eigenvalue weighted by Crippen LogP contribution is 2.32. The lowest BCUT2D eigenvalue weighted by atomic mass is 9.97. The fraction of sp³-hybridized carbons (Fsp3) is 0.650. The molecule has 1 aromatic carbocycles. The number of carbonyl (C=O) groups excluding carboxylic acids is 1. The number of sulfonamides is 1. The summed E-state index contributed by atoms with van der Waals surface area (Å²) in [4.78, 5) is 15.2. The summed E-state index contributed by atoms with van der Waals surface area (Å²) in [6.45, 7) is 2.55. The highest BCUT2D eigenvalue weighted by molar-refractivity contribution is 7.89. The molecule has 9 heteroatoms. The minimum absolute atomic E-state index is 0.0354. The Morgan fingerprint density at radius 3 is 2.41 bits per heavy atom. The lowest BCUT2D eigenvalue weighted by Crippen LogP contribution is -2.49. The van der Waals surface area contributed by atoms with Crippen LogP contribution in [0.1, 0.15) is 25.7 Å². The molecule has 1 atom stereocenters. The van der Waals surface area contributed by atoms with E-state index in [9.17, 15) is 13.2 Å². The third-order valence-corrected chi connectivity index (χ3v) is 7.67. The number of rotatable bonds is 6. The number of nitrogens with one attached hydrogen (secondary N) is 1. The van der Waals surface area contributed by atoms with E-state index in [2.05, 4.69) is 17.3 Å². The van der Waals surface area contributed by atoms with E-state index in [1.165, 1.54) is 30.7 Å². The zero-order chi connectivity index (χ0) is 21.0. The number of benzene rings is 1. The lowest BCUT2D eigenvalue weighted by Gasteiger charge is -2.34. The van der Waals surface area contributed by atoms with E-state index < -0.39 is 10.0 Å². The third kappa shape index (κ3) is 5.02. The Labute approximate surface area is 173 Å². The second-order valence-corrected chi connectivity index (χ2v) is 9.74. The first-order valence-corrected chi connectivity index (χ1v) is 11.5. The van der Waals surface area contributed by atoms with Crippen LogP contribution in [0.4, 0.5) is 0 Å². The molecule has 1 amide bonds. The van der Waals surface area contributed by atoms with Crippen molar-refractivity contribution < 1.29 is 22.7 Å². The van der Waals surface area contributed by atoms with Gasteiger partial charge in [-0.1, -0.05) is 0 Å². The second kappa shape index (κ2) is 9.32. The summed E-state index contributed by atoms with van der Waals surface area (Å²) in [5, 5.41) is 3.13. The van der Waals surface area contributed by atoms with Crippen molar-refractivity contribution in [3.8, 4) is 11.5 Å². The fourth-order valence-corrected chi connectivity index (χ4v) is 5.51. The molecule has 2 aliphatic rings. The van der Waals surface area contributed by atoms with Crippen molar-refractivity contribution in [1.82, 2.24) is 14.5 Å². The Morgan fingerprint density at radius 2 is 1.76 bits per heavy atom. The van der Waals surface area contributed by atoms with Crippen molar-refractivity contribution in [3.63, 3.8) is 0 Å². The summed E-state index contributed by atoms with van der Waals surface area (Å²) in [7, 11) is 1.34. The first-order valence-electron chi connectivity index (χ1n) is 10.1. The molecule has 0 saturated carbocycles. The van der Waals surface area contributed by atoms with Gasteiger partial charge in [-0.3, -0.25) is 4.79 Å². The Morgan fingerprint density at radius 1 is 1.07 bits per heavy atom. The maximum absolute atomic E-state index is 13.1. The number of piperidine rings is 2. The van der Waals surface area contributed by atoms with Crippen molar-refractivity contribution in [1.29, 1.82) is 0 Å². The molecule has 0 radical (unpaired) electrons. The van der Waals surface area contributed by atoms with Gasteiger partial charge in [-0.05, 0) is 58.0 Å². The summed E-state index contributed by atoms with van der Waals surface area (Å²) in [6.07, 6.45) is 3.24. The van der Waals surface area contributed by atoms with Crippen LogP contribution < -0.4 is 14.8 Å². The minimum Gasteiger partial charge on any atom is -0.493 e. The Bertz CT molecular complexity index is 821. The number of hydrogen-bond acceptors (Lipinski definition) is 6. The van der Waals surface area contributed by atoms with E-state index in [1.54, 1.807) is 6.07 Å². The van der Waals surface area contributed by atoms with E-state index in [0.717, 1.165) is 25.9 Å². The average molecular weight is 426 g/mol. The van der Waals surface area contributed by atoms with Gasteiger partial charge < -0.3 is 19.7 Å². The smallest absolute Gasteiger partial charge is 0.243 e. The van der Waals surface area contributed by atoms with E-state index >= 15 is 0 Å². The largest absolute Gasteiger partial charge is 0.493 e. The van der Waals surface area contributed by atoms with Crippen LogP contribution in [0.5, 0.6) is 11.5 Å². The van der Waals surface area contributed by atoms with Crippen LogP contribution in [0.25, 0.3) is 0 Å². The van der Waals surface area contributed by atoms with Crippen LogP contribution in [0.15, 0.2) is 23.1 Å². The molecule has 0 unspecified atom stereocenters.